The summed E-state index contributed by atoms with van der Waals surface area (Å²) in [7, 11) is 1.25. The van der Waals surface area contributed by atoms with Gasteiger partial charge in [-0.05, 0) is 61.4 Å². The van der Waals surface area contributed by atoms with Crippen molar-refractivity contribution in [3.8, 4) is 0 Å². The normalized spacial score (nSPS) is 9.96. The summed E-state index contributed by atoms with van der Waals surface area (Å²) in [6.07, 6.45) is 0. The van der Waals surface area contributed by atoms with Crippen molar-refractivity contribution in [3.63, 3.8) is 0 Å². The third-order valence-corrected chi connectivity index (χ3v) is 3.89. The molecule has 2 N–H and O–H groups in total. The van der Waals surface area contributed by atoms with E-state index < -0.39 is 30.5 Å². The van der Waals surface area contributed by atoms with E-state index in [0.29, 0.717) is 5.69 Å². The van der Waals surface area contributed by atoms with Crippen LogP contribution < -0.4 is 10.6 Å². The number of carbonyl (C=O) groups excluding carboxylic acids is 4. The third-order valence-electron chi connectivity index (χ3n) is 3.89. The van der Waals surface area contributed by atoms with Crippen LogP contribution >= 0.6 is 0 Å². The molecule has 0 bridgehead atoms. The number of hydrogen-bond donors (Lipinski definition) is 2. The number of benzene rings is 2. The molecule has 0 spiro atoms. The van der Waals surface area contributed by atoms with Gasteiger partial charge in [0.05, 0.1) is 18.2 Å². The van der Waals surface area contributed by atoms with Crippen LogP contribution in [0.1, 0.15) is 31.8 Å². The molecule has 8 nitrogen and oxygen atoms in total. The average molecular weight is 384 g/mol. The highest BCUT2D eigenvalue weighted by Gasteiger charge is 2.14. The first-order valence-electron chi connectivity index (χ1n) is 8.33. The lowest BCUT2D eigenvalue weighted by molar-refractivity contribution is -0.123. The topological polar surface area (TPSA) is 111 Å². The highest BCUT2D eigenvalue weighted by Crippen LogP contribution is 2.13. The van der Waals surface area contributed by atoms with Crippen molar-refractivity contribution >= 4 is 29.6 Å². The molecule has 146 valence electrons. The molecule has 0 aliphatic heterocycles. The van der Waals surface area contributed by atoms with Gasteiger partial charge in [-0.3, -0.25) is 10.1 Å². The Morgan fingerprint density at radius 1 is 0.857 bits per heavy atom. The molecule has 0 saturated heterocycles. The van der Waals surface area contributed by atoms with E-state index in [9.17, 15) is 19.2 Å². The maximum Gasteiger partial charge on any atom is 0.338 e. The summed E-state index contributed by atoms with van der Waals surface area (Å²) in [5.74, 6) is -2.07. The first kappa shape index (κ1) is 20.6. The molecule has 0 aliphatic carbocycles. The lowest BCUT2D eigenvalue weighted by Crippen LogP contribution is -2.37. The summed E-state index contributed by atoms with van der Waals surface area (Å²) < 4.78 is 9.42. The summed E-state index contributed by atoms with van der Waals surface area (Å²) in [5.41, 5.74) is 3.04. The van der Waals surface area contributed by atoms with E-state index in [4.69, 9.17) is 4.74 Å². The second-order valence-electron chi connectivity index (χ2n) is 5.95. The first-order chi connectivity index (χ1) is 13.3. The van der Waals surface area contributed by atoms with Gasteiger partial charge in [-0.2, -0.15) is 0 Å². The zero-order valence-corrected chi connectivity index (χ0v) is 15.7. The summed E-state index contributed by atoms with van der Waals surface area (Å²) in [6.45, 7) is 3.22. The number of aryl methyl sites for hydroxylation is 2. The van der Waals surface area contributed by atoms with Gasteiger partial charge in [0.2, 0.25) is 0 Å². The number of carbonyl (C=O) groups is 4. The van der Waals surface area contributed by atoms with Crippen LogP contribution in [0.15, 0.2) is 42.5 Å². The highest BCUT2D eigenvalue weighted by atomic mass is 16.5. The van der Waals surface area contributed by atoms with E-state index in [0.717, 1.165) is 11.1 Å². The molecule has 0 unspecified atom stereocenters. The van der Waals surface area contributed by atoms with Gasteiger partial charge in [-0.15, -0.1) is 0 Å². The number of imide groups is 1. The molecule has 28 heavy (non-hydrogen) atoms. The van der Waals surface area contributed by atoms with E-state index in [1.165, 1.54) is 31.4 Å². The van der Waals surface area contributed by atoms with E-state index in [2.05, 4.69) is 15.4 Å². The van der Waals surface area contributed by atoms with Gasteiger partial charge < -0.3 is 14.8 Å². The Morgan fingerprint density at radius 2 is 1.46 bits per heavy atom. The smallest absolute Gasteiger partial charge is 0.338 e. The molecule has 2 aromatic rings. The first-order valence-corrected chi connectivity index (χ1v) is 8.33. The van der Waals surface area contributed by atoms with Crippen LogP contribution in [0.2, 0.25) is 0 Å². The lowest BCUT2D eigenvalue weighted by atomic mass is 10.1. The van der Waals surface area contributed by atoms with Crippen LogP contribution in [-0.4, -0.2) is 37.6 Å². The molecule has 2 rings (SSSR count). The highest BCUT2D eigenvalue weighted by molar-refractivity contribution is 6.02. The Morgan fingerprint density at radius 3 is 2.04 bits per heavy atom. The van der Waals surface area contributed by atoms with Gasteiger partial charge in [-0.1, -0.05) is 6.07 Å². The molecular formula is C20H20N2O6. The minimum atomic E-state index is -0.777. The fourth-order valence-corrected chi connectivity index (χ4v) is 2.22. The van der Waals surface area contributed by atoms with E-state index >= 15 is 0 Å². The van der Waals surface area contributed by atoms with Crippen LogP contribution in [0, 0.1) is 13.8 Å². The van der Waals surface area contributed by atoms with Gasteiger partial charge in [0.15, 0.2) is 6.61 Å². The van der Waals surface area contributed by atoms with Crippen LogP contribution in [-0.2, 0) is 14.3 Å². The summed E-state index contributed by atoms with van der Waals surface area (Å²) in [4.78, 5) is 46.9. The number of nitrogens with one attached hydrogen (secondary N) is 2. The Hall–Kier alpha value is -3.68. The maximum atomic E-state index is 11.9. The number of amides is 3. The maximum absolute atomic E-state index is 11.9. The SMILES string of the molecule is COC(=O)c1ccc(C(=O)OCC(=O)NC(=O)Nc2ccc(C)c(C)c2)cc1. The molecular weight excluding hydrogens is 364 g/mol. The van der Waals surface area contributed by atoms with Crippen LogP contribution in [0.4, 0.5) is 10.5 Å². The lowest BCUT2D eigenvalue weighted by Gasteiger charge is -2.09. The zero-order chi connectivity index (χ0) is 20.7. The fourth-order valence-electron chi connectivity index (χ4n) is 2.22. The Kier molecular flexibility index (Phi) is 6.86. The predicted octanol–water partition coefficient (Wildman–Crippen LogP) is 2.60. The Balaban J connectivity index is 1.82. The van der Waals surface area contributed by atoms with E-state index in [1.54, 1.807) is 12.1 Å². The standard InChI is InChI=1S/C20H20N2O6/c1-12-4-9-16(10-13(12)2)21-20(26)22-17(23)11-28-19(25)15-7-5-14(6-8-15)18(24)27-3/h4-10H,11H2,1-3H3,(H2,21,22,23,26). The molecule has 2 aromatic carbocycles. The Bertz CT molecular complexity index is 905. The van der Waals surface area contributed by atoms with Crippen molar-refractivity contribution in [2.45, 2.75) is 13.8 Å². The molecule has 3 amide bonds. The minimum Gasteiger partial charge on any atom is -0.465 e. The van der Waals surface area contributed by atoms with Gasteiger partial charge in [-0.25, -0.2) is 14.4 Å². The second-order valence-corrected chi connectivity index (χ2v) is 5.95. The Labute approximate surface area is 161 Å². The number of anilines is 1. The molecule has 0 fully saturated rings. The van der Waals surface area contributed by atoms with Crippen LogP contribution in [0.5, 0.6) is 0 Å². The number of esters is 2. The second kappa shape index (κ2) is 9.31. The molecule has 0 aliphatic rings. The molecule has 0 aromatic heterocycles. The van der Waals surface area contributed by atoms with Crippen molar-refractivity contribution < 1.29 is 28.7 Å². The molecule has 8 heteroatoms. The van der Waals surface area contributed by atoms with E-state index in [-0.39, 0.29) is 11.1 Å². The third kappa shape index (κ3) is 5.66. The van der Waals surface area contributed by atoms with Crippen LogP contribution in [0.25, 0.3) is 0 Å². The van der Waals surface area contributed by atoms with Crippen LogP contribution in [0.3, 0.4) is 0 Å². The molecule has 0 heterocycles. The molecule has 0 saturated carbocycles. The fraction of sp³-hybridized carbons (Fsp3) is 0.200. The summed E-state index contributed by atoms with van der Waals surface area (Å²) >= 11 is 0. The van der Waals surface area contributed by atoms with Gasteiger partial charge >= 0.3 is 18.0 Å². The number of hydrogen-bond acceptors (Lipinski definition) is 6. The summed E-state index contributed by atoms with van der Waals surface area (Å²) in [6, 6.07) is 10.2. The number of urea groups is 1. The van der Waals surface area contributed by atoms with E-state index in [1.807, 2.05) is 19.9 Å². The molecule has 0 radical (unpaired) electrons. The number of rotatable bonds is 5. The average Bonchev–Trinajstić information content (AvgIpc) is 2.68. The van der Waals surface area contributed by atoms with Gasteiger partial charge in [0.1, 0.15) is 0 Å². The summed E-state index contributed by atoms with van der Waals surface area (Å²) in [5, 5.41) is 4.60. The largest absolute Gasteiger partial charge is 0.465 e. The number of methoxy groups -OCH3 is 1. The van der Waals surface area contributed by atoms with Gasteiger partial charge in [0.25, 0.3) is 5.91 Å². The van der Waals surface area contributed by atoms with Crippen molar-refractivity contribution in [1.29, 1.82) is 0 Å². The molecule has 0 atom stereocenters. The monoisotopic (exact) mass is 384 g/mol. The predicted molar refractivity (Wildman–Crippen MR) is 101 cm³/mol. The van der Waals surface area contributed by atoms with Crippen molar-refractivity contribution in [3.05, 3.63) is 64.7 Å². The zero-order valence-electron chi connectivity index (χ0n) is 15.7. The van der Waals surface area contributed by atoms with Gasteiger partial charge in [0, 0.05) is 5.69 Å². The van der Waals surface area contributed by atoms with Crippen molar-refractivity contribution in [2.75, 3.05) is 19.0 Å². The van der Waals surface area contributed by atoms with Crippen molar-refractivity contribution in [2.24, 2.45) is 0 Å². The van der Waals surface area contributed by atoms with Crippen molar-refractivity contribution in [1.82, 2.24) is 5.32 Å². The number of ether oxygens (including phenoxy) is 2. The minimum absolute atomic E-state index is 0.153. The quantitative estimate of drug-likeness (QED) is 0.767.